The lowest BCUT2D eigenvalue weighted by Gasteiger charge is -2.23. The zero-order valence-corrected chi connectivity index (χ0v) is 19.6. The lowest BCUT2D eigenvalue weighted by molar-refractivity contribution is -0.152. The normalized spacial score (nSPS) is 12.9. The van der Waals surface area contributed by atoms with E-state index < -0.39 is 23.3 Å². The van der Waals surface area contributed by atoms with Gasteiger partial charge in [-0.15, -0.1) is 0 Å². The minimum Gasteiger partial charge on any atom is -0.493 e. The molecule has 1 aromatic heterocycles. The van der Waals surface area contributed by atoms with Gasteiger partial charge in [0.25, 0.3) is 0 Å². The molecule has 1 atom stereocenters. The van der Waals surface area contributed by atoms with Crippen molar-refractivity contribution in [3.8, 4) is 22.8 Å². The van der Waals surface area contributed by atoms with Crippen LogP contribution in [0.15, 0.2) is 48.5 Å². The van der Waals surface area contributed by atoms with Gasteiger partial charge in [-0.05, 0) is 62.7 Å². The van der Waals surface area contributed by atoms with Crippen molar-refractivity contribution in [3.05, 3.63) is 65.4 Å². The summed E-state index contributed by atoms with van der Waals surface area (Å²) in [5.74, 6) is -0.0497. The number of rotatable bonds is 8. The summed E-state index contributed by atoms with van der Waals surface area (Å²) in [6.45, 7) is 7.07. The maximum Gasteiger partial charge on any atom is 0.416 e. The first-order valence-corrected chi connectivity index (χ1v) is 10.7. The molecule has 1 N–H and O–H groups in total. The molecule has 9 heteroatoms. The summed E-state index contributed by atoms with van der Waals surface area (Å²) in [6.07, 6.45) is -4.38. The summed E-state index contributed by atoms with van der Waals surface area (Å²) in [4.78, 5) is 11.3. The van der Waals surface area contributed by atoms with Gasteiger partial charge in [0.1, 0.15) is 11.5 Å². The van der Waals surface area contributed by atoms with Crippen molar-refractivity contribution >= 4 is 5.97 Å². The number of aromatic nitrogens is 2. The van der Waals surface area contributed by atoms with Crippen LogP contribution in [0.5, 0.6) is 11.5 Å². The van der Waals surface area contributed by atoms with Gasteiger partial charge in [0, 0.05) is 24.2 Å². The molecule has 0 aliphatic heterocycles. The third kappa shape index (κ3) is 5.70. The Hall–Kier alpha value is -3.49. The van der Waals surface area contributed by atoms with Gasteiger partial charge in [-0.1, -0.05) is 19.1 Å². The first kappa shape index (κ1) is 25.1. The van der Waals surface area contributed by atoms with Crippen LogP contribution in [0, 0.1) is 6.92 Å². The maximum atomic E-state index is 12.8. The molecular weight excluding hydrogens is 449 g/mol. The summed E-state index contributed by atoms with van der Waals surface area (Å²) in [5, 5.41) is 13.7. The standard InChI is InChI=1S/C25H27F3N2O4/c1-15-12-19(10-11-22(15)34-24(3,4)23(31)32)33-14-16(2)21-13-20(29-30(21)5)17-6-8-18(9-7-17)25(26,27)28/h6-13,16H,14H2,1-5H3,(H,31,32)/t16-/m0/s1. The van der Waals surface area contributed by atoms with Crippen molar-refractivity contribution in [2.24, 2.45) is 7.05 Å². The Morgan fingerprint density at radius 2 is 1.76 bits per heavy atom. The van der Waals surface area contributed by atoms with E-state index in [2.05, 4.69) is 5.10 Å². The molecule has 3 aromatic rings. The first-order chi connectivity index (χ1) is 15.8. The molecule has 2 aromatic carbocycles. The molecule has 0 aliphatic rings. The van der Waals surface area contributed by atoms with E-state index in [1.54, 1.807) is 36.9 Å². The van der Waals surface area contributed by atoms with Crippen LogP contribution in [0.4, 0.5) is 13.2 Å². The van der Waals surface area contributed by atoms with E-state index in [9.17, 15) is 23.1 Å². The zero-order valence-electron chi connectivity index (χ0n) is 19.6. The van der Waals surface area contributed by atoms with Crippen LogP contribution in [0.2, 0.25) is 0 Å². The van der Waals surface area contributed by atoms with E-state index in [1.807, 2.05) is 13.0 Å². The fourth-order valence-electron chi connectivity index (χ4n) is 3.37. The molecular formula is C25H27F3N2O4. The Morgan fingerprint density at radius 3 is 2.32 bits per heavy atom. The fraction of sp³-hybridized carbons (Fsp3) is 0.360. The van der Waals surface area contributed by atoms with E-state index in [4.69, 9.17) is 9.47 Å². The van der Waals surface area contributed by atoms with Gasteiger partial charge in [-0.25, -0.2) is 4.79 Å². The predicted octanol–water partition coefficient (Wildman–Crippen LogP) is 5.84. The Morgan fingerprint density at radius 1 is 1.12 bits per heavy atom. The highest BCUT2D eigenvalue weighted by molar-refractivity contribution is 5.76. The molecule has 0 radical (unpaired) electrons. The van der Waals surface area contributed by atoms with Crippen molar-refractivity contribution in [1.82, 2.24) is 9.78 Å². The minimum atomic E-state index is -4.38. The van der Waals surface area contributed by atoms with Gasteiger partial charge in [0.2, 0.25) is 0 Å². The summed E-state index contributed by atoms with van der Waals surface area (Å²) in [5.41, 5.74) is 0.730. The number of hydrogen-bond acceptors (Lipinski definition) is 4. The van der Waals surface area contributed by atoms with Crippen molar-refractivity contribution in [2.75, 3.05) is 6.61 Å². The van der Waals surface area contributed by atoms with Crippen molar-refractivity contribution < 1.29 is 32.5 Å². The highest BCUT2D eigenvalue weighted by atomic mass is 19.4. The Labute approximate surface area is 195 Å². The van der Waals surface area contributed by atoms with Crippen LogP contribution in [0.25, 0.3) is 11.3 Å². The van der Waals surface area contributed by atoms with Gasteiger partial charge < -0.3 is 14.6 Å². The summed E-state index contributed by atoms with van der Waals surface area (Å²) >= 11 is 0. The minimum absolute atomic E-state index is 0.0529. The highest BCUT2D eigenvalue weighted by Crippen LogP contribution is 2.32. The topological polar surface area (TPSA) is 73.6 Å². The van der Waals surface area contributed by atoms with E-state index in [0.717, 1.165) is 23.4 Å². The van der Waals surface area contributed by atoms with Gasteiger partial charge in [0.15, 0.2) is 5.60 Å². The van der Waals surface area contributed by atoms with E-state index in [0.29, 0.717) is 29.4 Å². The number of carbonyl (C=O) groups is 1. The van der Waals surface area contributed by atoms with E-state index in [-0.39, 0.29) is 5.92 Å². The first-order valence-electron chi connectivity index (χ1n) is 10.7. The molecule has 0 unspecified atom stereocenters. The second-order valence-electron chi connectivity index (χ2n) is 8.71. The monoisotopic (exact) mass is 476 g/mol. The number of alkyl halides is 3. The zero-order chi connectivity index (χ0) is 25.3. The third-order valence-electron chi connectivity index (χ3n) is 5.46. The summed E-state index contributed by atoms with van der Waals surface area (Å²) in [6, 6.07) is 11.9. The molecule has 0 spiro atoms. The third-order valence-corrected chi connectivity index (χ3v) is 5.46. The van der Waals surface area contributed by atoms with Crippen LogP contribution in [0.3, 0.4) is 0 Å². The van der Waals surface area contributed by atoms with Crippen molar-refractivity contribution in [1.29, 1.82) is 0 Å². The molecule has 0 saturated heterocycles. The number of carboxylic acids is 1. The highest BCUT2D eigenvalue weighted by Gasteiger charge is 2.31. The number of halogens is 3. The molecule has 6 nitrogen and oxygen atoms in total. The lowest BCUT2D eigenvalue weighted by atomic mass is 10.1. The Bertz CT molecular complexity index is 1170. The average molecular weight is 476 g/mol. The molecule has 3 rings (SSSR count). The molecule has 0 saturated carbocycles. The van der Waals surface area contributed by atoms with Crippen LogP contribution in [0.1, 0.15) is 43.5 Å². The molecule has 0 aliphatic carbocycles. The van der Waals surface area contributed by atoms with Crippen LogP contribution in [-0.4, -0.2) is 33.1 Å². The SMILES string of the molecule is Cc1cc(OC[C@H](C)c2cc(-c3ccc(C(F)(F)F)cc3)nn2C)ccc1OC(C)(C)C(=O)O. The Kier molecular flexibility index (Phi) is 6.95. The number of hydrogen-bond donors (Lipinski definition) is 1. The fourth-order valence-corrected chi connectivity index (χ4v) is 3.37. The van der Waals surface area contributed by atoms with Crippen LogP contribution < -0.4 is 9.47 Å². The Balaban J connectivity index is 1.68. The largest absolute Gasteiger partial charge is 0.493 e. The quantitative estimate of drug-likeness (QED) is 0.442. The van der Waals surface area contributed by atoms with Crippen molar-refractivity contribution in [3.63, 3.8) is 0 Å². The number of benzene rings is 2. The van der Waals surface area contributed by atoms with Crippen LogP contribution in [-0.2, 0) is 18.0 Å². The maximum absolute atomic E-state index is 12.8. The van der Waals surface area contributed by atoms with Gasteiger partial charge >= 0.3 is 12.1 Å². The molecule has 182 valence electrons. The summed E-state index contributed by atoms with van der Waals surface area (Å²) in [7, 11) is 1.78. The number of carboxylic acid groups (broad SMARTS) is 1. The van der Waals surface area contributed by atoms with Gasteiger partial charge in [-0.2, -0.15) is 18.3 Å². The second kappa shape index (κ2) is 9.40. The predicted molar refractivity (Wildman–Crippen MR) is 121 cm³/mol. The molecule has 0 bridgehead atoms. The summed E-state index contributed by atoms with van der Waals surface area (Å²) < 4.78 is 51.6. The number of nitrogens with zero attached hydrogens (tertiary/aromatic N) is 2. The van der Waals surface area contributed by atoms with E-state index >= 15 is 0 Å². The molecule has 1 heterocycles. The number of aryl methyl sites for hydroxylation is 2. The van der Waals surface area contributed by atoms with Gasteiger partial charge in [-0.3, -0.25) is 4.68 Å². The average Bonchev–Trinajstić information content (AvgIpc) is 3.15. The molecule has 34 heavy (non-hydrogen) atoms. The molecule has 0 fully saturated rings. The second-order valence-corrected chi connectivity index (χ2v) is 8.71. The molecule has 0 amide bonds. The van der Waals surface area contributed by atoms with Gasteiger partial charge in [0.05, 0.1) is 17.9 Å². The lowest BCUT2D eigenvalue weighted by Crippen LogP contribution is -2.38. The van der Waals surface area contributed by atoms with Crippen LogP contribution >= 0.6 is 0 Å². The smallest absolute Gasteiger partial charge is 0.416 e. The van der Waals surface area contributed by atoms with E-state index in [1.165, 1.54) is 26.0 Å². The number of aliphatic carboxylic acids is 1. The number of ether oxygens (including phenoxy) is 2. The van der Waals surface area contributed by atoms with Crippen molar-refractivity contribution in [2.45, 2.75) is 45.4 Å².